The van der Waals surface area contributed by atoms with E-state index in [4.69, 9.17) is 0 Å². The van der Waals surface area contributed by atoms with Gasteiger partial charge < -0.3 is 0 Å². The smallest absolute Gasteiger partial charge is 0.0230 e. The summed E-state index contributed by atoms with van der Waals surface area (Å²) < 4.78 is 0. The van der Waals surface area contributed by atoms with Crippen LogP contribution in [0.2, 0.25) is 0 Å². The maximum Gasteiger partial charge on any atom is 0.0230 e. The molecule has 0 fully saturated rings. The van der Waals surface area contributed by atoms with E-state index < -0.39 is 0 Å². The van der Waals surface area contributed by atoms with Gasteiger partial charge in [-0.3, -0.25) is 4.99 Å². The Bertz CT molecular complexity index is 189. The fourth-order valence-corrected chi connectivity index (χ4v) is 1.37. The first kappa shape index (κ1) is 4.98. The van der Waals surface area contributed by atoms with Crippen LogP contribution in [0.4, 0.5) is 0 Å². The van der Waals surface area contributed by atoms with Crippen molar-refractivity contribution in [3.05, 3.63) is 24.4 Å². The van der Waals surface area contributed by atoms with Gasteiger partial charge in [-0.25, -0.2) is 0 Å². The second-order valence-electron chi connectivity index (χ2n) is 2.54. The van der Waals surface area contributed by atoms with Crippen molar-refractivity contribution in [2.75, 3.05) is 0 Å². The van der Waals surface area contributed by atoms with E-state index in [1.54, 1.807) is 0 Å². The van der Waals surface area contributed by atoms with E-state index in [-0.39, 0.29) is 0 Å². The number of hydrogen-bond donors (Lipinski definition) is 0. The number of allylic oxidation sites excluding steroid dienone is 3. The molecule has 46 valence electrons. The van der Waals surface area contributed by atoms with Crippen LogP contribution in [0, 0.1) is 11.8 Å². The van der Waals surface area contributed by atoms with Crippen LogP contribution in [-0.4, -0.2) is 6.21 Å². The molecule has 9 heavy (non-hydrogen) atoms. The van der Waals surface area contributed by atoms with Gasteiger partial charge >= 0.3 is 0 Å². The summed E-state index contributed by atoms with van der Waals surface area (Å²) in [5.41, 5.74) is 0. The highest BCUT2D eigenvalue weighted by Gasteiger charge is 2.19. The monoisotopic (exact) mass is 119 g/mol. The van der Waals surface area contributed by atoms with Crippen molar-refractivity contribution in [1.82, 2.24) is 0 Å². The molecule has 0 aromatic rings. The molecule has 0 aromatic carbocycles. The average molecular weight is 119 g/mol. The normalized spacial score (nSPS) is 37.3. The molecule has 0 aromatic heterocycles. The summed E-state index contributed by atoms with van der Waals surface area (Å²) in [7, 11) is 0. The molecule has 2 aliphatic rings. The SMILES string of the molecule is C1=CC2C=CN=CC2C1. The summed E-state index contributed by atoms with van der Waals surface area (Å²) in [6.07, 6.45) is 11.8. The van der Waals surface area contributed by atoms with Gasteiger partial charge in [0.1, 0.15) is 0 Å². The lowest BCUT2D eigenvalue weighted by atomic mass is 9.96. The molecule has 0 saturated carbocycles. The molecule has 1 aliphatic heterocycles. The van der Waals surface area contributed by atoms with Crippen LogP contribution in [0.1, 0.15) is 6.42 Å². The van der Waals surface area contributed by atoms with Gasteiger partial charge in [0, 0.05) is 24.3 Å². The molecular weight excluding hydrogens is 110 g/mol. The number of nitrogens with zero attached hydrogens (tertiary/aromatic N) is 1. The first-order chi connectivity index (χ1) is 4.47. The Morgan fingerprint density at radius 1 is 1.33 bits per heavy atom. The largest absolute Gasteiger partial charge is 0.269 e. The van der Waals surface area contributed by atoms with E-state index in [0.717, 1.165) is 0 Å². The van der Waals surface area contributed by atoms with E-state index in [9.17, 15) is 0 Å². The molecule has 2 rings (SSSR count). The number of aliphatic imine (C=N–C) groups is 1. The molecule has 0 amide bonds. The minimum Gasteiger partial charge on any atom is -0.269 e. The summed E-state index contributed by atoms with van der Waals surface area (Å²) in [6.45, 7) is 0. The standard InChI is InChI=1S/C8H9N/c1-2-7-4-5-9-6-8(7)3-1/h1-2,4-8H,3H2. The van der Waals surface area contributed by atoms with Crippen molar-refractivity contribution in [3.8, 4) is 0 Å². The molecule has 0 spiro atoms. The Morgan fingerprint density at radius 2 is 2.33 bits per heavy atom. The maximum atomic E-state index is 4.07. The molecule has 2 unspecified atom stereocenters. The van der Waals surface area contributed by atoms with E-state index in [2.05, 4.69) is 23.2 Å². The third kappa shape index (κ3) is 0.727. The number of hydrogen-bond acceptors (Lipinski definition) is 1. The Hall–Kier alpha value is -0.850. The van der Waals surface area contributed by atoms with Crippen molar-refractivity contribution in [3.63, 3.8) is 0 Å². The van der Waals surface area contributed by atoms with Crippen LogP contribution in [0.15, 0.2) is 29.4 Å². The highest BCUT2D eigenvalue weighted by Crippen LogP contribution is 2.26. The quantitative estimate of drug-likeness (QED) is 0.431. The van der Waals surface area contributed by atoms with Crippen molar-refractivity contribution in [2.45, 2.75) is 6.42 Å². The molecule has 1 heterocycles. The number of fused-ring (bicyclic) bond motifs is 1. The molecular formula is C8H9N. The highest BCUT2D eigenvalue weighted by atomic mass is 14.7. The average Bonchev–Trinajstić information content (AvgIpc) is 2.33. The number of rotatable bonds is 0. The van der Waals surface area contributed by atoms with Crippen molar-refractivity contribution in [2.24, 2.45) is 16.8 Å². The summed E-state index contributed by atoms with van der Waals surface area (Å²) >= 11 is 0. The van der Waals surface area contributed by atoms with E-state index in [0.29, 0.717) is 11.8 Å². The van der Waals surface area contributed by atoms with Gasteiger partial charge in [-0.15, -0.1) is 0 Å². The first-order valence-electron chi connectivity index (χ1n) is 3.33. The summed E-state index contributed by atoms with van der Waals surface area (Å²) in [4.78, 5) is 4.07. The zero-order valence-electron chi connectivity index (χ0n) is 5.20. The van der Waals surface area contributed by atoms with Gasteiger partial charge in [0.05, 0.1) is 0 Å². The van der Waals surface area contributed by atoms with Crippen LogP contribution in [0.5, 0.6) is 0 Å². The van der Waals surface area contributed by atoms with Gasteiger partial charge in [0.2, 0.25) is 0 Å². The minimum absolute atomic E-state index is 0.655. The predicted molar refractivity (Wildman–Crippen MR) is 38.4 cm³/mol. The first-order valence-corrected chi connectivity index (χ1v) is 3.33. The topological polar surface area (TPSA) is 12.4 Å². The van der Waals surface area contributed by atoms with Crippen molar-refractivity contribution < 1.29 is 0 Å². The molecule has 0 saturated heterocycles. The minimum atomic E-state index is 0.655. The molecule has 0 radical (unpaired) electrons. The van der Waals surface area contributed by atoms with Crippen molar-refractivity contribution in [1.29, 1.82) is 0 Å². The molecule has 1 nitrogen and oxygen atoms in total. The van der Waals surface area contributed by atoms with Gasteiger partial charge in [-0.2, -0.15) is 0 Å². The lowest BCUT2D eigenvalue weighted by Gasteiger charge is -2.12. The summed E-state index contributed by atoms with van der Waals surface area (Å²) in [5.74, 6) is 1.33. The molecule has 0 N–H and O–H groups in total. The lowest BCUT2D eigenvalue weighted by Crippen LogP contribution is -2.08. The maximum absolute atomic E-state index is 4.07. The summed E-state index contributed by atoms with van der Waals surface area (Å²) in [5, 5.41) is 0. The molecule has 1 heteroatoms. The second-order valence-corrected chi connectivity index (χ2v) is 2.54. The third-order valence-corrected chi connectivity index (χ3v) is 1.93. The van der Waals surface area contributed by atoms with Gasteiger partial charge in [0.15, 0.2) is 0 Å². The van der Waals surface area contributed by atoms with Crippen LogP contribution in [0.25, 0.3) is 0 Å². The molecule has 1 aliphatic carbocycles. The lowest BCUT2D eigenvalue weighted by molar-refractivity contribution is 0.643. The fourth-order valence-electron chi connectivity index (χ4n) is 1.37. The van der Waals surface area contributed by atoms with Crippen LogP contribution < -0.4 is 0 Å². The van der Waals surface area contributed by atoms with Crippen LogP contribution in [-0.2, 0) is 0 Å². The van der Waals surface area contributed by atoms with Gasteiger partial charge in [0.25, 0.3) is 0 Å². The Balaban J connectivity index is 2.25. The zero-order chi connectivity index (χ0) is 6.10. The van der Waals surface area contributed by atoms with Crippen molar-refractivity contribution >= 4 is 6.21 Å². The van der Waals surface area contributed by atoms with Crippen LogP contribution in [0.3, 0.4) is 0 Å². The predicted octanol–water partition coefficient (Wildman–Crippen LogP) is 1.78. The third-order valence-electron chi connectivity index (χ3n) is 1.93. The van der Waals surface area contributed by atoms with E-state index in [1.807, 2.05) is 12.4 Å². The van der Waals surface area contributed by atoms with Crippen LogP contribution >= 0.6 is 0 Å². The van der Waals surface area contributed by atoms with E-state index >= 15 is 0 Å². The van der Waals surface area contributed by atoms with Gasteiger partial charge in [-0.1, -0.05) is 18.2 Å². The Kier molecular flexibility index (Phi) is 1.01. The van der Waals surface area contributed by atoms with E-state index in [1.165, 1.54) is 6.42 Å². The highest BCUT2D eigenvalue weighted by molar-refractivity contribution is 5.65. The second kappa shape index (κ2) is 1.83. The van der Waals surface area contributed by atoms with Gasteiger partial charge in [-0.05, 0) is 6.42 Å². The fraction of sp³-hybridized carbons (Fsp3) is 0.375. The molecule has 2 atom stereocenters. The molecule has 0 bridgehead atoms. The summed E-state index contributed by atoms with van der Waals surface area (Å²) in [6, 6.07) is 0. The Morgan fingerprint density at radius 3 is 3.22 bits per heavy atom. The Labute approximate surface area is 54.8 Å². The zero-order valence-corrected chi connectivity index (χ0v) is 5.20.